The molecule has 0 saturated carbocycles. The molecule has 4 amide bonds. The molecule has 0 aliphatic carbocycles. The van der Waals surface area contributed by atoms with Gasteiger partial charge in [-0.25, -0.2) is 9.18 Å². The first-order valence-electron chi connectivity index (χ1n) is 10.00. The van der Waals surface area contributed by atoms with Crippen LogP contribution in [0.5, 0.6) is 0 Å². The monoisotopic (exact) mass is 444 g/mol. The number of nitrogens with one attached hydrogen (secondary N) is 3. The second kappa shape index (κ2) is 10.8. The molecular formula is C22H25FN4O3S. The highest BCUT2D eigenvalue weighted by atomic mass is 32.2. The Bertz CT molecular complexity index is 931. The molecule has 1 fully saturated rings. The first kappa shape index (κ1) is 22.6. The first-order valence-corrected chi connectivity index (χ1v) is 11.2. The lowest BCUT2D eigenvalue weighted by atomic mass is 9.97. The second-order valence-electron chi connectivity index (χ2n) is 7.23. The Morgan fingerprint density at radius 3 is 2.35 bits per heavy atom. The first-order chi connectivity index (χ1) is 15.0. The van der Waals surface area contributed by atoms with E-state index in [4.69, 9.17) is 0 Å². The molecule has 0 atom stereocenters. The number of piperidine rings is 1. The largest absolute Gasteiger partial charge is 0.348 e. The highest BCUT2D eigenvalue weighted by Crippen LogP contribution is 2.24. The third-order valence-corrected chi connectivity index (χ3v) is 5.91. The van der Waals surface area contributed by atoms with E-state index in [-0.39, 0.29) is 17.8 Å². The SMILES string of the molecule is CSc1ccccc1NC(=O)C(=O)NCC1CCN(C(=O)Nc2ccc(F)cc2)CC1. The van der Waals surface area contributed by atoms with Gasteiger partial charge in [-0.15, -0.1) is 11.8 Å². The molecular weight excluding hydrogens is 419 g/mol. The highest BCUT2D eigenvalue weighted by molar-refractivity contribution is 7.98. The van der Waals surface area contributed by atoms with E-state index in [1.165, 1.54) is 36.0 Å². The average molecular weight is 445 g/mol. The molecule has 0 radical (unpaired) electrons. The molecule has 0 spiro atoms. The molecule has 3 rings (SSSR count). The fourth-order valence-electron chi connectivity index (χ4n) is 3.32. The van der Waals surface area contributed by atoms with Crippen LogP contribution >= 0.6 is 11.8 Å². The normalized spacial score (nSPS) is 14.1. The van der Waals surface area contributed by atoms with Crippen molar-refractivity contribution in [2.45, 2.75) is 17.7 Å². The molecule has 0 unspecified atom stereocenters. The molecule has 0 aromatic heterocycles. The minimum Gasteiger partial charge on any atom is -0.348 e. The molecule has 1 heterocycles. The lowest BCUT2D eigenvalue weighted by molar-refractivity contribution is -0.136. The van der Waals surface area contributed by atoms with Gasteiger partial charge in [-0.05, 0) is 61.4 Å². The Kier molecular flexibility index (Phi) is 7.88. The van der Waals surface area contributed by atoms with Gasteiger partial charge in [-0.2, -0.15) is 0 Å². The minimum absolute atomic E-state index is 0.185. The van der Waals surface area contributed by atoms with Crippen molar-refractivity contribution >= 4 is 41.0 Å². The van der Waals surface area contributed by atoms with E-state index in [0.717, 1.165) is 4.90 Å². The van der Waals surface area contributed by atoms with Gasteiger partial charge in [0.1, 0.15) is 5.82 Å². The third kappa shape index (κ3) is 6.45. The highest BCUT2D eigenvalue weighted by Gasteiger charge is 2.24. The number of nitrogens with zero attached hydrogens (tertiary/aromatic N) is 1. The summed E-state index contributed by atoms with van der Waals surface area (Å²) in [6, 6.07) is 12.7. The number of anilines is 2. The maximum atomic E-state index is 13.0. The van der Waals surface area contributed by atoms with Gasteiger partial charge < -0.3 is 20.9 Å². The van der Waals surface area contributed by atoms with Crippen molar-refractivity contribution in [1.82, 2.24) is 10.2 Å². The summed E-state index contributed by atoms with van der Waals surface area (Å²) in [7, 11) is 0. The van der Waals surface area contributed by atoms with Gasteiger partial charge in [0.2, 0.25) is 0 Å². The van der Waals surface area contributed by atoms with Crippen LogP contribution in [0.4, 0.5) is 20.6 Å². The summed E-state index contributed by atoms with van der Waals surface area (Å²) in [5, 5.41) is 8.08. The van der Waals surface area contributed by atoms with Crippen LogP contribution < -0.4 is 16.0 Å². The van der Waals surface area contributed by atoms with E-state index in [1.807, 2.05) is 18.4 Å². The molecule has 7 nitrogen and oxygen atoms in total. The number of carbonyl (C=O) groups is 3. The number of benzene rings is 2. The fourth-order valence-corrected chi connectivity index (χ4v) is 3.87. The topological polar surface area (TPSA) is 90.5 Å². The molecule has 3 N–H and O–H groups in total. The van der Waals surface area contributed by atoms with Crippen LogP contribution in [-0.2, 0) is 9.59 Å². The van der Waals surface area contributed by atoms with Crippen molar-refractivity contribution in [1.29, 1.82) is 0 Å². The molecule has 1 aliphatic rings. The van der Waals surface area contributed by atoms with Crippen molar-refractivity contribution in [2.75, 3.05) is 36.5 Å². The van der Waals surface area contributed by atoms with E-state index in [0.29, 0.717) is 43.9 Å². The number of likely N-dealkylation sites (tertiary alicyclic amines) is 1. The van der Waals surface area contributed by atoms with Gasteiger partial charge in [0.25, 0.3) is 0 Å². The van der Waals surface area contributed by atoms with Crippen LogP contribution in [0.2, 0.25) is 0 Å². The third-order valence-electron chi connectivity index (χ3n) is 5.11. The number of carbonyl (C=O) groups excluding carboxylic acids is 3. The number of hydrogen-bond acceptors (Lipinski definition) is 4. The average Bonchev–Trinajstić information content (AvgIpc) is 2.79. The van der Waals surface area contributed by atoms with Gasteiger partial charge in [-0.3, -0.25) is 9.59 Å². The summed E-state index contributed by atoms with van der Waals surface area (Å²) in [5.41, 5.74) is 1.14. The maximum absolute atomic E-state index is 13.0. The van der Waals surface area contributed by atoms with Crippen molar-refractivity contribution in [2.24, 2.45) is 5.92 Å². The van der Waals surface area contributed by atoms with Crippen molar-refractivity contribution in [3.8, 4) is 0 Å². The number of amides is 4. The Balaban J connectivity index is 1.40. The maximum Gasteiger partial charge on any atom is 0.321 e. The van der Waals surface area contributed by atoms with Crippen molar-refractivity contribution in [3.05, 3.63) is 54.3 Å². The Morgan fingerprint density at radius 1 is 1.00 bits per heavy atom. The molecule has 31 heavy (non-hydrogen) atoms. The lowest BCUT2D eigenvalue weighted by Gasteiger charge is -2.32. The molecule has 1 aliphatic heterocycles. The van der Waals surface area contributed by atoms with Crippen LogP contribution in [0.1, 0.15) is 12.8 Å². The minimum atomic E-state index is -0.697. The van der Waals surface area contributed by atoms with Gasteiger partial charge in [0.15, 0.2) is 0 Å². The number of hydrogen-bond donors (Lipinski definition) is 3. The number of thioether (sulfide) groups is 1. The predicted octanol–water partition coefficient (Wildman–Crippen LogP) is 3.55. The number of halogens is 1. The zero-order valence-corrected chi connectivity index (χ0v) is 18.0. The molecule has 2 aromatic carbocycles. The molecule has 164 valence electrons. The van der Waals surface area contributed by atoms with Crippen LogP contribution in [0, 0.1) is 11.7 Å². The number of urea groups is 1. The van der Waals surface area contributed by atoms with E-state index in [2.05, 4.69) is 16.0 Å². The van der Waals surface area contributed by atoms with Crippen LogP contribution in [0.15, 0.2) is 53.4 Å². The van der Waals surface area contributed by atoms with E-state index in [1.54, 1.807) is 17.0 Å². The molecule has 9 heteroatoms. The van der Waals surface area contributed by atoms with E-state index < -0.39 is 11.8 Å². The van der Waals surface area contributed by atoms with E-state index >= 15 is 0 Å². The van der Waals surface area contributed by atoms with Crippen molar-refractivity contribution < 1.29 is 18.8 Å². The molecule has 0 bridgehead atoms. The van der Waals surface area contributed by atoms with Gasteiger partial charge in [-0.1, -0.05) is 12.1 Å². The second-order valence-corrected chi connectivity index (χ2v) is 8.08. The van der Waals surface area contributed by atoms with Crippen molar-refractivity contribution in [3.63, 3.8) is 0 Å². The summed E-state index contributed by atoms with van der Waals surface area (Å²) in [6.45, 7) is 1.46. The van der Waals surface area contributed by atoms with Gasteiger partial charge >= 0.3 is 17.8 Å². The summed E-state index contributed by atoms with van der Waals surface area (Å²) in [6.07, 6.45) is 3.33. The summed E-state index contributed by atoms with van der Waals surface area (Å²) in [5.74, 6) is -1.54. The zero-order valence-electron chi connectivity index (χ0n) is 17.2. The smallest absolute Gasteiger partial charge is 0.321 e. The Morgan fingerprint density at radius 2 is 1.68 bits per heavy atom. The zero-order chi connectivity index (χ0) is 22.2. The van der Waals surface area contributed by atoms with Crippen LogP contribution in [0.25, 0.3) is 0 Å². The summed E-state index contributed by atoms with van der Waals surface area (Å²) >= 11 is 1.49. The molecule has 1 saturated heterocycles. The van der Waals surface area contributed by atoms with Gasteiger partial charge in [0.05, 0.1) is 5.69 Å². The predicted molar refractivity (Wildman–Crippen MR) is 120 cm³/mol. The standard InChI is InChI=1S/C22H25FN4O3S/c1-31-19-5-3-2-4-18(19)26-21(29)20(28)24-14-15-10-12-27(13-11-15)22(30)25-17-8-6-16(23)7-9-17/h2-9,15H,10-14H2,1H3,(H,24,28)(H,25,30)(H,26,29). The van der Waals surface area contributed by atoms with Crippen LogP contribution in [0.3, 0.4) is 0 Å². The Hall–Kier alpha value is -3.07. The Labute approximate surface area is 184 Å². The quantitative estimate of drug-likeness (QED) is 0.486. The lowest BCUT2D eigenvalue weighted by Crippen LogP contribution is -2.44. The van der Waals surface area contributed by atoms with Crippen LogP contribution in [-0.4, -0.2) is 48.6 Å². The summed E-state index contributed by atoms with van der Waals surface area (Å²) < 4.78 is 13.0. The molecule has 2 aromatic rings. The number of rotatable bonds is 5. The van der Waals surface area contributed by atoms with Gasteiger partial charge in [0, 0.05) is 30.2 Å². The fraction of sp³-hybridized carbons (Fsp3) is 0.318. The van der Waals surface area contributed by atoms with E-state index in [9.17, 15) is 18.8 Å². The number of para-hydroxylation sites is 1. The summed E-state index contributed by atoms with van der Waals surface area (Å²) in [4.78, 5) is 39.2.